The fourth-order valence-corrected chi connectivity index (χ4v) is 4.76. The van der Waals surface area contributed by atoms with Crippen molar-refractivity contribution in [3.8, 4) is 5.75 Å². The van der Waals surface area contributed by atoms with Gasteiger partial charge in [-0.1, -0.05) is 0 Å². The van der Waals surface area contributed by atoms with Crippen LogP contribution in [-0.2, 0) is 23.3 Å². The van der Waals surface area contributed by atoms with Crippen molar-refractivity contribution in [3.63, 3.8) is 0 Å². The van der Waals surface area contributed by atoms with E-state index in [-0.39, 0.29) is 5.91 Å². The van der Waals surface area contributed by atoms with Gasteiger partial charge in [-0.25, -0.2) is 9.97 Å². The number of benzene rings is 1. The zero-order chi connectivity index (χ0) is 22.1. The SMILES string of the molecule is CCNc1ncc2c(n1)C1(CCN(Cc3ccn[nH]3)C1)C(=O)N(c1ccc(OC)cc1)C2. The van der Waals surface area contributed by atoms with Gasteiger partial charge in [-0.05, 0) is 43.7 Å². The lowest BCUT2D eigenvalue weighted by atomic mass is 9.77. The number of ether oxygens (including phenoxy) is 1. The number of aromatic amines is 1. The van der Waals surface area contributed by atoms with Crippen LogP contribution in [0, 0.1) is 0 Å². The number of aromatic nitrogens is 4. The van der Waals surface area contributed by atoms with Gasteiger partial charge in [-0.15, -0.1) is 0 Å². The summed E-state index contributed by atoms with van der Waals surface area (Å²) < 4.78 is 5.29. The molecule has 1 fully saturated rings. The molecule has 1 atom stereocenters. The molecule has 9 heteroatoms. The van der Waals surface area contributed by atoms with E-state index in [1.165, 1.54) is 0 Å². The Balaban J connectivity index is 1.53. The maximum Gasteiger partial charge on any atom is 0.240 e. The van der Waals surface area contributed by atoms with Gasteiger partial charge < -0.3 is 15.0 Å². The van der Waals surface area contributed by atoms with Gasteiger partial charge in [0.2, 0.25) is 11.9 Å². The van der Waals surface area contributed by atoms with Gasteiger partial charge in [-0.2, -0.15) is 5.10 Å². The number of rotatable bonds is 6. The highest BCUT2D eigenvalue weighted by Crippen LogP contribution is 2.43. The van der Waals surface area contributed by atoms with Crippen LogP contribution in [0.4, 0.5) is 11.6 Å². The van der Waals surface area contributed by atoms with Gasteiger partial charge in [-0.3, -0.25) is 14.8 Å². The Morgan fingerprint density at radius 2 is 2.09 bits per heavy atom. The summed E-state index contributed by atoms with van der Waals surface area (Å²) in [5.74, 6) is 1.42. The quantitative estimate of drug-likeness (QED) is 0.615. The molecule has 3 aromatic rings. The Hall–Kier alpha value is -3.46. The zero-order valence-electron chi connectivity index (χ0n) is 18.3. The number of nitrogens with zero attached hydrogens (tertiary/aromatic N) is 5. The number of H-pyrrole nitrogens is 1. The molecule has 4 heterocycles. The number of likely N-dealkylation sites (tertiary alicyclic amines) is 1. The molecule has 32 heavy (non-hydrogen) atoms. The van der Waals surface area contributed by atoms with E-state index in [4.69, 9.17) is 9.72 Å². The van der Waals surface area contributed by atoms with E-state index in [0.717, 1.165) is 48.0 Å². The maximum absolute atomic E-state index is 14.1. The molecule has 0 saturated carbocycles. The summed E-state index contributed by atoms with van der Waals surface area (Å²) in [6.07, 6.45) is 4.33. The maximum atomic E-state index is 14.1. The van der Waals surface area contributed by atoms with Crippen molar-refractivity contribution in [2.24, 2.45) is 0 Å². The topological polar surface area (TPSA) is 99.3 Å². The Labute approximate surface area is 186 Å². The van der Waals surface area contributed by atoms with Crippen LogP contribution in [0.25, 0.3) is 0 Å². The molecule has 2 aliphatic rings. The van der Waals surface area contributed by atoms with Gasteiger partial charge >= 0.3 is 0 Å². The Bertz CT molecular complexity index is 1100. The van der Waals surface area contributed by atoms with E-state index in [1.54, 1.807) is 13.3 Å². The van der Waals surface area contributed by atoms with E-state index in [1.807, 2.05) is 48.4 Å². The van der Waals surface area contributed by atoms with E-state index in [0.29, 0.717) is 25.5 Å². The molecule has 1 amide bonds. The minimum absolute atomic E-state index is 0.0865. The summed E-state index contributed by atoms with van der Waals surface area (Å²) >= 11 is 0. The molecule has 1 aromatic carbocycles. The van der Waals surface area contributed by atoms with Crippen molar-refractivity contribution in [1.29, 1.82) is 0 Å². The monoisotopic (exact) mass is 433 g/mol. The van der Waals surface area contributed by atoms with Crippen molar-refractivity contribution in [2.75, 3.05) is 37.0 Å². The van der Waals surface area contributed by atoms with E-state index in [2.05, 4.69) is 25.4 Å². The number of carbonyl (C=O) groups excluding carboxylic acids is 1. The lowest BCUT2D eigenvalue weighted by molar-refractivity contribution is -0.124. The molecule has 5 rings (SSSR count). The molecule has 0 aliphatic carbocycles. The second-order valence-corrected chi connectivity index (χ2v) is 8.31. The van der Waals surface area contributed by atoms with Gasteiger partial charge in [0.1, 0.15) is 11.2 Å². The van der Waals surface area contributed by atoms with Gasteiger partial charge in [0.25, 0.3) is 0 Å². The first-order valence-corrected chi connectivity index (χ1v) is 10.9. The number of nitrogens with one attached hydrogen (secondary N) is 2. The molecular weight excluding hydrogens is 406 g/mol. The van der Waals surface area contributed by atoms with Gasteiger partial charge in [0.05, 0.1) is 19.3 Å². The molecule has 2 aliphatic heterocycles. The first-order valence-electron chi connectivity index (χ1n) is 10.9. The van der Waals surface area contributed by atoms with Crippen LogP contribution in [0.5, 0.6) is 5.75 Å². The molecule has 1 spiro atoms. The number of hydrogen-bond acceptors (Lipinski definition) is 7. The highest BCUT2D eigenvalue weighted by molar-refractivity contribution is 6.03. The largest absolute Gasteiger partial charge is 0.497 e. The number of hydrogen-bond donors (Lipinski definition) is 2. The average Bonchev–Trinajstić information content (AvgIpc) is 3.48. The first kappa shape index (κ1) is 20.4. The van der Waals surface area contributed by atoms with Gasteiger partial charge in [0, 0.05) is 55.5 Å². The summed E-state index contributed by atoms with van der Waals surface area (Å²) in [4.78, 5) is 27.5. The molecule has 0 radical (unpaired) electrons. The van der Waals surface area contributed by atoms with Crippen LogP contribution in [-0.4, -0.2) is 57.7 Å². The number of carbonyl (C=O) groups is 1. The lowest BCUT2D eigenvalue weighted by Crippen LogP contribution is -2.53. The summed E-state index contributed by atoms with van der Waals surface area (Å²) in [6, 6.07) is 9.60. The lowest BCUT2D eigenvalue weighted by Gasteiger charge is -2.40. The van der Waals surface area contributed by atoms with Crippen LogP contribution in [0.1, 0.15) is 30.3 Å². The van der Waals surface area contributed by atoms with Crippen LogP contribution < -0.4 is 15.0 Å². The van der Waals surface area contributed by atoms with E-state index in [9.17, 15) is 4.79 Å². The molecule has 9 nitrogen and oxygen atoms in total. The standard InChI is InChI=1S/C23H27N7O2/c1-3-24-22-25-12-16-13-30(18-4-6-19(32-2)7-5-18)21(31)23(20(16)27-22)9-11-29(15-23)14-17-8-10-26-28-17/h4-8,10,12H,3,9,11,13-15H2,1-2H3,(H,26,28)(H,24,25,27). The Morgan fingerprint density at radius 1 is 1.25 bits per heavy atom. The van der Waals surface area contributed by atoms with Crippen molar-refractivity contribution in [1.82, 2.24) is 25.1 Å². The van der Waals surface area contributed by atoms with E-state index >= 15 is 0 Å². The summed E-state index contributed by atoms with van der Waals surface area (Å²) in [6.45, 7) is 5.32. The van der Waals surface area contributed by atoms with Crippen molar-refractivity contribution >= 4 is 17.5 Å². The fourth-order valence-electron chi connectivity index (χ4n) is 4.76. The molecular formula is C23H27N7O2. The van der Waals surface area contributed by atoms with Gasteiger partial charge in [0.15, 0.2) is 0 Å². The van der Waals surface area contributed by atoms with Crippen LogP contribution >= 0.6 is 0 Å². The predicted octanol–water partition coefficient (Wildman–Crippen LogP) is 2.33. The second kappa shape index (κ2) is 8.23. The number of fused-ring (bicyclic) bond motifs is 2. The third kappa shape index (κ3) is 3.48. The second-order valence-electron chi connectivity index (χ2n) is 8.31. The normalized spacial score (nSPS) is 20.6. The summed E-state index contributed by atoms with van der Waals surface area (Å²) in [5.41, 5.74) is 3.02. The molecule has 2 aromatic heterocycles. The summed E-state index contributed by atoms with van der Waals surface area (Å²) in [7, 11) is 1.64. The Morgan fingerprint density at radius 3 is 2.81 bits per heavy atom. The van der Waals surface area contributed by atoms with Crippen LogP contribution in [0.2, 0.25) is 0 Å². The number of amides is 1. The fraction of sp³-hybridized carbons (Fsp3) is 0.391. The number of anilines is 2. The smallest absolute Gasteiger partial charge is 0.240 e. The minimum Gasteiger partial charge on any atom is -0.497 e. The third-order valence-electron chi connectivity index (χ3n) is 6.32. The average molecular weight is 434 g/mol. The molecule has 2 N–H and O–H groups in total. The van der Waals surface area contributed by atoms with Crippen molar-refractivity contribution in [3.05, 3.63) is 59.7 Å². The summed E-state index contributed by atoms with van der Waals surface area (Å²) in [5, 5.41) is 10.3. The van der Waals surface area contributed by atoms with Crippen LogP contribution in [0.15, 0.2) is 42.7 Å². The number of methoxy groups -OCH3 is 1. The third-order valence-corrected chi connectivity index (χ3v) is 6.32. The van der Waals surface area contributed by atoms with Crippen molar-refractivity contribution < 1.29 is 9.53 Å². The molecule has 1 unspecified atom stereocenters. The van der Waals surface area contributed by atoms with Crippen molar-refractivity contribution in [2.45, 2.75) is 31.8 Å². The minimum atomic E-state index is -0.708. The molecule has 1 saturated heterocycles. The zero-order valence-corrected chi connectivity index (χ0v) is 18.3. The first-order chi connectivity index (χ1) is 15.6. The van der Waals surface area contributed by atoms with Crippen LogP contribution in [0.3, 0.4) is 0 Å². The molecule has 166 valence electrons. The Kier molecular flexibility index (Phi) is 5.26. The predicted molar refractivity (Wildman–Crippen MR) is 121 cm³/mol. The highest BCUT2D eigenvalue weighted by Gasteiger charge is 2.53. The van der Waals surface area contributed by atoms with E-state index < -0.39 is 5.41 Å². The highest BCUT2D eigenvalue weighted by atomic mass is 16.5. The molecule has 0 bridgehead atoms.